The highest BCUT2D eigenvalue weighted by atomic mass is 79.9. The van der Waals surface area contributed by atoms with Gasteiger partial charge in [0.2, 0.25) is 5.28 Å². The normalized spacial score (nSPS) is 20.7. The van der Waals surface area contributed by atoms with E-state index in [1.54, 1.807) is 20.2 Å². The number of nitrogens with two attached hydrogens (primary N) is 1. The first-order valence-electron chi connectivity index (χ1n) is 11.0. The Morgan fingerprint density at radius 3 is 2.79 bits per heavy atom. The van der Waals surface area contributed by atoms with Gasteiger partial charge in [0.1, 0.15) is 11.3 Å². The van der Waals surface area contributed by atoms with Crippen LogP contribution in [0, 0.1) is 11.7 Å². The van der Waals surface area contributed by atoms with Gasteiger partial charge in [-0.15, -0.1) is 0 Å². The summed E-state index contributed by atoms with van der Waals surface area (Å²) in [5.74, 6) is -0.166. The topological polar surface area (TPSA) is 100 Å². The third-order valence-corrected chi connectivity index (χ3v) is 6.94. The number of hydrogen-bond donors (Lipinski definition) is 1. The van der Waals surface area contributed by atoms with E-state index in [9.17, 15) is 4.79 Å². The second-order valence-electron chi connectivity index (χ2n) is 8.77. The van der Waals surface area contributed by atoms with Crippen LogP contribution in [-0.4, -0.2) is 66.3 Å². The Morgan fingerprint density at radius 1 is 1.35 bits per heavy atom. The predicted octanol–water partition coefficient (Wildman–Crippen LogP) is 2.21. The van der Waals surface area contributed by atoms with Gasteiger partial charge in [0.05, 0.1) is 39.2 Å². The highest BCUT2D eigenvalue weighted by Gasteiger charge is 2.25. The van der Waals surface area contributed by atoms with Crippen LogP contribution in [0.1, 0.15) is 20.3 Å². The number of benzene rings is 1. The number of carbonyl (C=O) groups excluding carboxylic acids is 1. The van der Waals surface area contributed by atoms with Gasteiger partial charge in [0.25, 0.3) is 5.91 Å². The monoisotopic (exact) mass is 549 g/mol. The Balaban J connectivity index is 1.91. The van der Waals surface area contributed by atoms with Crippen LogP contribution in [0.5, 0.6) is 0 Å². The van der Waals surface area contributed by atoms with Crippen LogP contribution in [0.2, 0.25) is 5.28 Å². The second-order valence-corrected chi connectivity index (χ2v) is 9.90. The predicted molar refractivity (Wildman–Crippen MR) is 136 cm³/mol. The lowest BCUT2D eigenvalue weighted by atomic mass is 9.97. The van der Waals surface area contributed by atoms with Crippen molar-refractivity contribution in [3.63, 3.8) is 0 Å². The van der Waals surface area contributed by atoms with Crippen LogP contribution in [-0.2, 0) is 4.79 Å². The minimum atomic E-state index is -0.525. The maximum atomic E-state index is 15.5. The molecular formula is C23H26BrClFN7O. The molecule has 2 unspecified atom stereocenters. The minimum absolute atomic E-state index is 0.0107. The quantitative estimate of drug-likeness (QED) is 0.467. The summed E-state index contributed by atoms with van der Waals surface area (Å²) in [7, 11) is 3.27. The molecule has 4 rings (SSSR count). The van der Waals surface area contributed by atoms with E-state index in [0.29, 0.717) is 41.9 Å². The average molecular weight is 551 g/mol. The van der Waals surface area contributed by atoms with Crippen molar-refractivity contribution in [1.29, 1.82) is 0 Å². The van der Waals surface area contributed by atoms with Crippen molar-refractivity contribution in [2.24, 2.45) is 21.6 Å². The zero-order valence-corrected chi connectivity index (χ0v) is 21.8. The summed E-state index contributed by atoms with van der Waals surface area (Å²) < 4.78 is 15.7. The van der Waals surface area contributed by atoms with Crippen LogP contribution in [0.4, 0.5) is 10.2 Å². The minimum Gasteiger partial charge on any atom is -0.394 e. The zero-order valence-electron chi connectivity index (χ0n) is 19.4. The van der Waals surface area contributed by atoms with E-state index in [2.05, 4.69) is 43.9 Å². The molecule has 2 aromatic rings. The number of carbonyl (C=O) groups is 1. The lowest BCUT2D eigenvalue weighted by Crippen LogP contribution is -2.38. The number of anilines is 1. The van der Waals surface area contributed by atoms with Gasteiger partial charge in [0.15, 0.2) is 5.82 Å². The molecule has 0 saturated heterocycles. The zero-order chi connectivity index (χ0) is 24.7. The van der Waals surface area contributed by atoms with Crippen molar-refractivity contribution in [3.05, 3.63) is 37.9 Å². The molecule has 0 spiro atoms. The number of halogens is 3. The molecule has 1 aromatic heterocycles. The van der Waals surface area contributed by atoms with Crippen molar-refractivity contribution < 1.29 is 9.18 Å². The van der Waals surface area contributed by atoms with Crippen molar-refractivity contribution in [2.45, 2.75) is 26.3 Å². The van der Waals surface area contributed by atoms with Crippen molar-refractivity contribution in [2.75, 3.05) is 38.6 Å². The van der Waals surface area contributed by atoms with Crippen molar-refractivity contribution >= 4 is 61.9 Å². The van der Waals surface area contributed by atoms with Gasteiger partial charge in [-0.3, -0.25) is 14.8 Å². The lowest BCUT2D eigenvalue weighted by molar-refractivity contribution is -0.124. The Kier molecular flexibility index (Phi) is 6.91. The van der Waals surface area contributed by atoms with E-state index < -0.39 is 5.82 Å². The number of amides is 1. The molecule has 2 aliphatic heterocycles. The number of likely N-dealkylation sites (N-methyl/N-ethyl adjacent to an activating group) is 1. The number of rotatable bonds is 3. The third kappa shape index (κ3) is 4.53. The first-order valence-corrected chi connectivity index (χ1v) is 12.2. The molecule has 180 valence electrons. The molecule has 0 bridgehead atoms. The summed E-state index contributed by atoms with van der Waals surface area (Å²) in [5.41, 5.74) is 6.87. The van der Waals surface area contributed by atoms with Gasteiger partial charge < -0.3 is 15.5 Å². The smallest absolute Gasteiger partial charge is 0.269 e. The molecule has 0 saturated carbocycles. The number of aliphatic imine (C=N–C) groups is 1. The summed E-state index contributed by atoms with van der Waals surface area (Å²) >= 11 is 9.63. The largest absolute Gasteiger partial charge is 0.394 e. The third-order valence-electron chi connectivity index (χ3n) is 6.05. The summed E-state index contributed by atoms with van der Waals surface area (Å²) in [5, 5.41) is 1.83. The molecule has 34 heavy (non-hydrogen) atoms. The molecule has 8 nitrogen and oxygen atoms in total. The molecule has 2 atom stereocenters. The van der Waals surface area contributed by atoms with E-state index in [1.165, 1.54) is 4.90 Å². The van der Waals surface area contributed by atoms with Gasteiger partial charge in [-0.2, -0.15) is 4.98 Å². The van der Waals surface area contributed by atoms with E-state index in [0.717, 1.165) is 11.6 Å². The molecular weight excluding hydrogens is 525 g/mol. The maximum Gasteiger partial charge on any atom is 0.269 e. The van der Waals surface area contributed by atoms with Crippen LogP contribution >= 0.6 is 27.5 Å². The van der Waals surface area contributed by atoms with Crippen LogP contribution < -0.4 is 21.2 Å². The van der Waals surface area contributed by atoms with Crippen molar-refractivity contribution in [3.8, 4) is 0 Å². The van der Waals surface area contributed by atoms with Crippen molar-refractivity contribution in [1.82, 2.24) is 14.9 Å². The molecule has 2 aliphatic rings. The average Bonchev–Trinajstić information content (AvgIpc) is 3.03. The molecule has 0 radical (unpaired) electrons. The van der Waals surface area contributed by atoms with E-state index in [4.69, 9.17) is 22.3 Å². The van der Waals surface area contributed by atoms with Gasteiger partial charge in [-0.1, -0.05) is 13.0 Å². The van der Waals surface area contributed by atoms with Gasteiger partial charge in [-0.05, 0) is 52.9 Å². The number of fused-ring (bicyclic) bond motifs is 3. The molecule has 11 heteroatoms. The van der Waals surface area contributed by atoms with E-state index >= 15 is 4.39 Å². The Morgan fingerprint density at radius 2 is 2.09 bits per heavy atom. The lowest BCUT2D eigenvalue weighted by Gasteiger charge is -2.25. The Bertz CT molecular complexity index is 1360. The van der Waals surface area contributed by atoms with E-state index in [-0.39, 0.29) is 38.8 Å². The number of aromatic nitrogens is 2. The highest BCUT2D eigenvalue weighted by Crippen LogP contribution is 2.28. The second kappa shape index (κ2) is 9.58. The Hall–Kier alpha value is -2.59. The molecule has 1 amide bonds. The number of hydrogen-bond acceptors (Lipinski definition) is 7. The van der Waals surface area contributed by atoms with E-state index in [1.807, 2.05) is 11.8 Å². The van der Waals surface area contributed by atoms with Crippen LogP contribution in [0.25, 0.3) is 17.0 Å². The van der Waals surface area contributed by atoms with Gasteiger partial charge >= 0.3 is 0 Å². The SMILES string of the molecule is CC1C=c2c(c(Br)c(F)c3nc(Cl)nc(N4CCCN=C(/C=C(\N)C(=O)N(C)C)C4)c23)=NC1C. The maximum absolute atomic E-state index is 15.5. The highest BCUT2D eigenvalue weighted by molar-refractivity contribution is 9.10. The summed E-state index contributed by atoms with van der Waals surface area (Å²) in [6, 6.07) is 0.0107. The van der Waals surface area contributed by atoms with Crippen LogP contribution in [0.15, 0.2) is 26.2 Å². The molecule has 0 fully saturated rings. The Labute approximate surface area is 210 Å². The molecule has 3 heterocycles. The first kappa shape index (κ1) is 24.5. The molecule has 1 aromatic carbocycles. The summed E-state index contributed by atoms with van der Waals surface area (Å²) in [4.78, 5) is 33.7. The summed E-state index contributed by atoms with van der Waals surface area (Å²) in [6.07, 6.45) is 4.41. The van der Waals surface area contributed by atoms with Gasteiger partial charge in [0, 0.05) is 32.4 Å². The fourth-order valence-electron chi connectivity index (χ4n) is 4.09. The molecule has 2 N–H and O–H groups in total. The molecule has 0 aliphatic carbocycles. The fraction of sp³-hybridized carbons (Fsp3) is 0.435. The fourth-order valence-corrected chi connectivity index (χ4v) is 4.76. The first-order chi connectivity index (χ1) is 16.1. The summed E-state index contributed by atoms with van der Waals surface area (Å²) in [6.45, 7) is 5.58. The number of nitrogens with zero attached hydrogens (tertiary/aromatic N) is 6. The standard InChI is InChI=1S/C23H26BrClFN7O/c1-11-8-14-16-20(18(26)17(24)19(14)29-12(11)2)30-23(25)31-21(16)33-7-5-6-28-13(10-33)9-15(27)22(34)32(3)4/h8-9,11-12H,5-7,10,27H2,1-4H3/b15-9-. The van der Waals surface area contributed by atoms with Gasteiger partial charge in [-0.25, -0.2) is 9.37 Å². The van der Waals surface area contributed by atoms with Crippen LogP contribution in [0.3, 0.4) is 0 Å².